The summed E-state index contributed by atoms with van der Waals surface area (Å²) in [4.78, 5) is 0. The van der Waals surface area contributed by atoms with Gasteiger partial charge in [-0.15, -0.1) is 0 Å². The minimum Gasteiger partial charge on any atom is -0.489 e. The Balaban J connectivity index is 2.06. The van der Waals surface area contributed by atoms with Gasteiger partial charge in [0.1, 0.15) is 18.2 Å². The normalized spacial score (nSPS) is 10.6. The van der Waals surface area contributed by atoms with Crippen LogP contribution in [0.25, 0.3) is 0 Å². The molecule has 0 amide bonds. The molecule has 0 aliphatic carbocycles. The van der Waals surface area contributed by atoms with E-state index < -0.39 is 5.82 Å². The van der Waals surface area contributed by atoms with E-state index in [9.17, 15) is 4.39 Å². The highest BCUT2D eigenvalue weighted by molar-refractivity contribution is 9.10. The molecule has 0 bridgehead atoms. The molecule has 0 atom stereocenters. The van der Waals surface area contributed by atoms with Crippen molar-refractivity contribution in [1.82, 2.24) is 0 Å². The van der Waals surface area contributed by atoms with Gasteiger partial charge in [0.05, 0.1) is 5.02 Å². The fourth-order valence-corrected chi connectivity index (χ4v) is 2.35. The first kappa shape index (κ1) is 15.3. The van der Waals surface area contributed by atoms with Crippen LogP contribution in [0.5, 0.6) is 5.75 Å². The molecule has 106 valence electrons. The zero-order valence-corrected chi connectivity index (χ0v) is 13.0. The molecule has 2 aromatic rings. The lowest BCUT2D eigenvalue weighted by atomic mass is 10.1. The van der Waals surface area contributed by atoms with Gasteiger partial charge >= 0.3 is 0 Å². The highest BCUT2D eigenvalue weighted by Crippen LogP contribution is 2.24. The summed E-state index contributed by atoms with van der Waals surface area (Å²) < 4.78 is 20.0. The molecular weight excluding hydrogens is 345 g/mol. The summed E-state index contributed by atoms with van der Waals surface area (Å²) in [6.07, 6.45) is 0.771. The van der Waals surface area contributed by atoms with Gasteiger partial charge in [0.2, 0.25) is 0 Å². The van der Waals surface area contributed by atoms with Gasteiger partial charge in [-0.3, -0.25) is 0 Å². The zero-order valence-electron chi connectivity index (χ0n) is 10.7. The molecule has 5 heteroatoms. The Morgan fingerprint density at radius 2 is 2.00 bits per heavy atom. The van der Waals surface area contributed by atoms with Crippen molar-refractivity contribution in [3.05, 3.63) is 62.8 Å². The molecule has 2 N–H and O–H groups in total. The first-order valence-corrected chi connectivity index (χ1v) is 7.32. The molecule has 0 fully saturated rings. The highest BCUT2D eigenvalue weighted by Gasteiger charge is 2.04. The third-order valence-electron chi connectivity index (χ3n) is 2.82. The number of hydrogen-bond acceptors (Lipinski definition) is 2. The van der Waals surface area contributed by atoms with Crippen molar-refractivity contribution in [2.75, 3.05) is 6.54 Å². The van der Waals surface area contributed by atoms with Crippen LogP contribution in [0.3, 0.4) is 0 Å². The third-order valence-corrected chi connectivity index (χ3v) is 3.90. The minimum absolute atomic E-state index is 0.114. The predicted octanol–water partition coefficient (Wildman–Crippen LogP) is 4.32. The molecule has 0 radical (unpaired) electrons. The van der Waals surface area contributed by atoms with Crippen LogP contribution in [0.2, 0.25) is 5.02 Å². The van der Waals surface area contributed by atoms with Crippen molar-refractivity contribution in [2.24, 2.45) is 5.73 Å². The molecule has 0 aromatic heterocycles. The second-order valence-corrected chi connectivity index (χ2v) is 5.59. The fraction of sp³-hybridized carbons (Fsp3) is 0.200. The molecule has 0 aliphatic rings. The predicted molar refractivity (Wildman–Crippen MR) is 82.6 cm³/mol. The average molecular weight is 359 g/mol. The summed E-state index contributed by atoms with van der Waals surface area (Å²) in [7, 11) is 0. The van der Waals surface area contributed by atoms with Gasteiger partial charge < -0.3 is 10.5 Å². The van der Waals surface area contributed by atoms with E-state index in [1.54, 1.807) is 6.07 Å². The van der Waals surface area contributed by atoms with E-state index in [-0.39, 0.29) is 11.6 Å². The number of benzene rings is 2. The van der Waals surface area contributed by atoms with Gasteiger partial charge in [-0.05, 0) is 54.4 Å². The maximum Gasteiger partial charge on any atom is 0.142 e. The van der Waals surface area contributed by atoms with Crippen LogP contribution in [-0.4, -0.2) is 6.54 Å². The Morgan fingerprint density at radius 3 is 2.70 bits per heavy atom. The summed E-state index contributed by atoms with van der Waals surface area (Å²) in [5, 5.41) is 0.114. The summed E-state index contributed by atoms with van der Waals surface area (Å²) in [5.74, 6) is 0.291. The number of ether oxygens (including phenoxy) is 1. The molecule has 0 aliphatic heterocycles. The molecule has 0 saturated heterocycles. The van der Waals surface area contributed by atoms with Gasteiger partial charge in [0, 0.05) is 4.47 Å². The number of hydrogen-bond donors (Lipinski definition) is 1. The van der Waals surface area contributed by atoms with Crippen LogP contribution < -0.4 is 10.5 Å². The van der Waals surface area contributed by atoms with Crippen LogP contribution in [0, 0.1) is 5.82 Å². The molecule has 2 rings (SSSR count). The molecule has 0 heterocycles. The van der Waals surface area contributed by atoms with Crippen LogP contribution in [-0.2, 0) is 13.0 Å². The zero-order chi connectivity index (χ0) is 14.5. The fourth-order valence-electron chi connectivity index (χ4n) is 1.78. The van der Waals surface area contributed by atoms with Crippen molar-refractivity contribution in [1.29, 1.82) is 0 Å². The number of nitrogens with two attached hydrogens (primary N) is 1. The number of halogens is 3. The van der Waals surface area contributed by atoms with Gasteiger partial charge in [-0.25, -0.2) is 4.39 Å². The minimum atomic E-state index is -0.438. The topological polar surface area (TPSA) is 35.2 Å². The molecule has 20 heavy (non-hydrogen) atoms. The third kappa shape index (κ3) is 3.95. The molecule has 0 saturated carbocycles. The van der Waals surface area contributed by atoms with Gasteiger partial charge in [0.25, 0.3) is 0 Å². The van der Waals surface area contributed by atoms with Gasteiger partial charge in [-0.1, -0.05) is 33.6 Å². The van der Waals surface area contributed by atoms with E-state index in [1.165, 1.54) is 12.1 Å². The van der Waals surface area contributed by atoms with Crippen molar-refractivity contribution in [2.45, 2.75) is 13.0 Å². The van der Waals surface area contributed by atoms with E-state index in [0.29, 0.717) is 6.54 Å². The lowest BCUT2D eigenvalue weighted by molar-refractivity contribution is 0.305. The molecule has 2 aromatic carbocycles. The van der Waals surface area contributed by atoms with Crippen LogP contribution in [0.4, 0.5) is 4.39 Å². The molecule has 0 spiro atoms. The van der Waals surface area contributed by atoms with Crippen LogP contribution >= 0.6 is 27.5 Å². The van der Waals surface area contributed by atoms with Gasteiger partial charge in [-0.2, -0.15) is 0 Å². The second-order valence-electron chi connectivity index (χ2n) is 4.33. The van der Waals surface area contributed by atoms with E-state index in [2.05, 4.69) is 15.9 Å². The van der Waals surface area contributed by atoms with Crippen molar-refractivity contribution in [3.63, 3.8) is 0 Å². The Morgan fingerprint density at radius 1 is 1.20 bits per heavy atom. The van der Waals surface area contributed by atoms with E-state index in [0.717, 1.165) is 27.8 Å². The lowest BCUT2D eigenvalue weighted by Gasteiger charge is -2.10. The average Bonchev–Trinajstić information content (AvgIpc) is 2.43. The summed E-state index contributed by atoms with van der Waals surface area (Å²) in [5.41, 5.74) is 7.38. The quantitative estimate of drug-likeness (QED) is 0.864. The number of rotatable bonds is 5. The monoisotopic (exact) mass is 357 g/mol. The summed E-state index contributed by atoms with van der Waals surface area (Å²) in [6, 6.07) is 10.4. The Kier molecular flexibility index (Phi) is 5.40. The summed E-state index contributed by atoms with van der Waals surface area (Å²) >= 11 is 9.11. The Labute approximate surface area is 130 Å². The van der Waals surface area contributed by atoms with E-state index >= 15 is 0 Å². The van der Waals surface area contributed by atoms with Crippen molar-refractivity contribution in [3.8, 4) is 5.75 Å². The summed E-state index contributed by atoms with van der Waals surface area (Å²) in [6.45, 7) is 0.863. The smallest absolute Gasteiger partial charge is 0.142 e. The maximum atomic E-state index is 13.3. The Hall–Kier alpha value is -1.10. The van der Waals surface area contributed by atoms with Crippen molar-refractivity contribution < 1.29 is 9.13 Å². The standard InChI is InChI=1S/C15H14BrClFNO/c16-13-3-2-12(8-11(13)5-6-19)20-9-10-1-4-14(17)15(18)7-10/h1-4,7-8H,5-6,9,19H2. The molecule has 2 nitrogen and oxygen atoms in total. The Bertz CT molecular complexity index is 606. The highest BCUT2D eigenvalue weighted by atomic mass is 79.9. The first-order chi connectivity index (χ1) is 9.60. The van der Waals surface area contributed by atoms with Crippen LogP contribution in [0.15, 0.2) is 40.9 Å². The van der Waals surface area contributed by atoms with Crippen LogP contribution in [0.1, 0.15) is 11.1 Å². The molecule has 0 unspecified atom stereocenters. The lowest BCUT2D eigenvalue weighted by Crippen LogP contribution is -2.04. The van der Waals surface area contributed by atoms with Crippen molar-refractivity contribution >= 4 is 27.5 Å². The van der Waals surface area contributed by atoms with E-state index in [1.807, 2.05) is 18.2 Å². The largest absolute Gasteiger partial charge is 0.489 e. The maximum absolute atomic E-state index is 13.3. The van der Waals surface area contributed by atoms with E-state index in [4.69, 9.17) is 22.1 Å². The molecular formula is C15H14BrClFNO. The first-order valence-electron chi connectivity index (χ1n) is 6.15. The second kappa shape index (κ2) is 7.07. The SMILES string of the molecule is NCCc1cc(OCc2ccc(Cl)c(F)c2)ccc1Br. The van der Waals surface area contributed by atoms with Gasteiger partial charge in [0.15, 0.2) is 0 Å².